The number of benzene rings is 1. The first kappa shape index (κ1) is 29.5. The van der Waals surface area contributed by atoms with E-state index in [1.165, 1.54) is 5.57 Å². The molecule has 4 aliphatic carbocycles. The van der Waals surface area contributed by atoms with Gasteiger partial charge in [0.1, 0.15) is 5.60 Å². The Labute approximate surface area is 242 Å². The maximum atomic E-state index is 12.5. The predicted molar refractivity (Wildman–Crippen MR) is 155 cm³/mol. The molecule has 3 N–H and O–H groups in total. The Balaban J connectivity index is 1.18. The Morgan fingerprint density at radius 2 is 1.78 bits per heavy atom. The number of rotatable bonds is 9. The molecule has 41 heavy (non-hydrogen) atoms. The summed E-state index contributed by atoms with van der Waals surface area (Å²) in [6.07, 6.45) is 9.31. The summed E-state index contributed by atoms with van der Waals surface area (Å²) in [7, 11) is 0. The Bertz CT molecular complexity index is 1240. The molecule has 1 aromatic rings. The number of carbonyl (C=O) groups is 3. The quantitative estimate of drug-likeness (QED) is 0.362. The van der Waals surface area contributed by atoms with Crippen LogP contribution in [0.25, 0.3) is 0 Å². The van der Waals surface area contributed by atoms with Crippen molar-refractivity contribution in [2.24, 2.45) is 33.7 Å². The Morgan fingerprint density at radius 3 is 2.49 bits per heavy atom. The van der Waals surface area contributed by atoms with Crippen LogP contribution in [0.4, 0.5) is 0 Å². The number of nitrogens with zero attached hydrogens (tertiary/aromatic N) is 1. The Hall–Kier alpha value is -3.00. The molecular formula is C33H44N2O6. The van der Waals surface area contributed by atoms with E-state index >= 15 is 0 Å². The van der Waals surface area contributed by atoms with E-state index < -0.39 is 11.6 Å². The number of ketones is 1. The zero-order chi connectivity index (χ0) is 29.4. The lowest BCUT2D eigenvalue weighted by Crippen LogP contribution is -2.57. The summed E-state index contributed by atoms with van der Waals surface area (Å²) in [5, 5.41) is 27.7. The predicted octanol–water partition coefficient (Wildman–Crippen LogP) is 5.02. The number of carbonyl (C=O) groups excluding carboxylic acids is 2. The number of hydrogen-bond acceptors (Lipinski definition) is 6. The molecule has 7 atom stereocenters. The molecule has 3 saturated carbocycles. The van der Waals surface area contributed by atoms with E-state index in [0.29, 0.717) is 24.2 Å². The first-order valence-electron chi connectivity index (χ1n) is 15.1. The van der Waals surface area contributed by atoms with Gasteiger partial charge in [0.2, 0.25) is 0 Å². The van der Waals surface area contributed by atoms with E-state index in [1.54, 1.807) is 6.92 Å². The largest absolute Gasteiger partial charge is 0.481 e. The highest BCUT2D eigenvalue weighted by Gasteiger charge is 2.65. The van der Waals surface area contributed by atoms with E-state index in [2.05, 4.69) is 30.4 Å². The summed E-state index contributed by atoms with van der Waals surface area (Å²) in [5.74, 6) is -0.213. The van der Waals surface area contributed by atoms with Crippen molar-refractivity contribution >= 4 is 23.4 Å². The smallest absolute Gasteiger partial charge is 0.304 e. The van der Waals surface area contributed by atoms with Crippen molar-refractivity contribution in [1.82, 2.24) is 5.32 Å². The number of carboxylic acids is 1. The van der Waals surface area contributed by atoms with E-state index in [1.807, 2.05) is 30.3 Å². The number of allylic oxidation sites excluding steroid dienone is 2. The van der Waals surface area contributed by atoms with E-state index in [9.17, 15) is 24.6 Å². The fourth-order valence-corrected chi connectivity index (χ4v) is 8.94. The van der Waals surface area contributed by atoms with Gasteiger partial charge >= 0.3 is 5.97 Å². The monoisotopic (exact) mass is 564 g/mol. The fraction of sp³-hybridized carbons (Fsp3) is 0.636. The molecule has 0 bridgehead atoms. The number of Topliss-reactive ketones (excluding diaryl/α,β-unsaturated/α-hetero) is 1. The second kappa shape index (κ2) is 11.3. The number of amides is 1. The molecule has 0 saturated heterocycles. The van der Waals surface area contributed by atoms with Gasteiger partial charge in [-0.1, -0.05) is 54.9 Å². The lowest BCUT2D eigenvalue weighted by Gasteiger charge is -2.59. The number of fused-ring (bicyclic) bond motifs is 5. The first-order valence-corrected chi connectivity index (χ1v) is 15.1. The molecule has 5 rings (SSSR count). The van der Waals surface area contributed by atoms with Crippen molar-refractivity contribution in [3.63, 3.8) is 0 Å². The lowest BCUT2D eigenvalue weighted by molar-refractivity contribution is -0.159. The topological polar surface area (TPSA) is 125 Å². The molecule has 4 aliphatic rings. The number of hydrogen-bond donors (Lipinski definition) is 3. The number of aliphatic carboxylic acids is 1. The van der Waals surface area contributed by atoms with Crippen molar-refractivity contribution in [1.29, 1.82) is 0 Å². The third kappa shape index (κ3) is 5.36. The van der Waals surface area contributed by atoms with Crippen LogP contribution in [-0.4, -0.2) is 52.3 Å². The van der Waals surface area contributed by atoms with E-state index in [-0.39, 0.29) is 48.0 Å². The molecule has 1 amide bonds. The number of oxime groups is 1. The lowest BCUT2D eigenvalue weighted by atomic mass is 9.46. The summed E-state index contributed by atoms with van der Waals surface area (Å²) in [5.41, 5.74) is 1.68. The summed E-state index contributed by atoms with van der Waals surface area (Å²) in [6, 6.07) is 9.32. The molecule has 222 valence electrons. The summed E-state index contributed by atoms with van der Waals surface area (Å²) < 4.78 is 0. The van der Waals surface area contributed by atoms with Gasteiger partial charge in [0, 0.05) is 17.9 Å². The summed E-state index contributed by atoms with van der Waals surface area (Å²) in [4.78, 5) is 41.7. The van der Waals surface area contributed by atoms with Gasteiger partial charge in [0.25, 0.3) is 5.91 Å². The highest BCUT2D eigenvalue weighted by Crippen LogP contribution is 2.67. The third-order valence-corrected chi connectivity index (χ3v) is 11.3. The van der Waals surface area contributed by atoms with Crippen molar-refractivity contribution < 1.29 is 29.4 Å². The zero-order valence-electron chi connectivity index (χ0n) is 24.5. The molecule has 0 spiro atoms. The van der Waals surface area contributed by atoms with Crippen molar-refractivity contribution in [2.45, 2.75) is 90.1 Å². The van der Waals surface area contributed by atoms with E-state index in [4.69, 9.17) is 4.84 Å². The number of nitrogens with one attached hydrogen (secondary N) is 1. The van der Waals surface area contributed by atoms with Crippen LogP contribution in [0.3, 0.4) is 0 Å². The standard InChI is InChI=1S/C33H44N2O6/c1-21(36)33(40)16-13-28-26-10-9-24-18-25(11-14-31(24,2)27(26)12-15-32(28,33)3)35-41-20-29(37)34-19-23(17-30(38)39)22-7-5-4-6-8-22/h4-8,18,23,26-28,40H,9-17,19-20H2,1-3H3,(H,34,37)(H,38,39)/b35-25+/t23-,26-,27+,28+,31+,32+,33+/m1/s1. The maximum absolute atomic E-state index is 12.5. The van der Waals surface area contributed by atoms with Crippen molar-refractivity contribution in [2.75, 3.05) is 13.2 Å². The molecule has 0 radical (unpaired) electrons. The molecule has 1 aromatic carbocycles. The van der Waals surface area contributed by atoms with Crippen LogP contribution in [0, 0.1) is 28.6 Å². The minimum atomic E-state index is -1.19. The van der Waals surface area contributed by atoms with Gasteiger partial charge in [0.05, 0.1) is 12.1 Å². The average Bonchev–Trinajstić information content (AvgIpc) is 3.23. The molecule has 0 unspecified atom stereocenters. The number of aliphatic hydroxyl groups is 1. The summed E-state index contributed by atoms with van der Waals surface area (Å²) >= 11 is 0. The molecular weight excluding hydrogens is 520 g/mol. The molecule has 8 nitrogen and oxygen atoms in total. The zero-order valence-corrected chi connectivity index (χ0v) is 24.5. The van der Waals surface area contributed by atoms with Crippen LogP contribution < -0.4 is 5.32 Å². The molecule has 0 heterocycles. The van der Waals surface area contributed by atoms with Gasteiger partial charge in [-0.15, -0.1) is 0 Å². The van der Waals surface area contributed by atoms with E-state index in [0.717, 1.165) is 56.2 Å². The van der Waals surface area contributed by atoms with Gasteiger partial charge in [-0.2, -0.15) is 0 Å². The van der Waals surface area contributed by atoms with Crippen LogP contribution in [0.5, 0.6) is 0 Å². The van der Waals surface area contributed by atoms with Crippen LogP contribution >= 0.6 is 0 Å². The third-order valence-electron chi connectivity index (χ3n) is 11.3. The average molecular weight is 565 g/mol. The van der Waals surface area contributed by atoms with Gasteiger partial charge in [0.15, 0.2) is 12.4 Å². The second-order valence-corrected chi connectivity index (χ2v) is 13.3. The van der Waals surface area contributed by atoms with Gasteiger partial charge < -0.3 is 20.4 Å². The van der Waals surface area contributed by atoms with Gasteiger partial charge in [-0.05, 0) is 93.1 Å². The Kier molecular flexibility index (Phi) is 8.16. The number of carboxylic acid groups (broad SMARTS) is 1. The van der Waals surface area contributed by atoms with Crippen LogP contribution in [0.15, 0.2) is 47.1 Å². The minimum absolute atomic E-state index is 0.0702. The van der Waals surface area contributed by atoms with Crippen LogP contribution in [0.1, 0.15) is 90.0 Å². The SMILES string of the molecule is CC(=O)[C@@]1(O)CC[C@H]2[C@@H]3CCC4=C/C(=N/OCC(=O)NC[C@@H](CC(=O)O)c5ccccc5)CC[C@]4(C)[C@H]3CC[C@@]21C. The van der Waals surface area contributed by atoms with Crippen molar-refractivity contribution in [3.8, 4) is 0 Å². The first-order chi connectivity index (χ1) is 19.5. The normalized spacial score (nSPS) is 35.9. The Morgan fingerprint density at radius 1 is 1.05 bits per heavy atom. The van der Waals surface area contributed by atoms with Crippen molar-refractivity contribution in [3.05, 3.63) is 47.5 Å². The molecule has 8 heteroatoms. The van der Waals surface area contributed by atoms with Gasteiger partial charge in [-0.25, -0.2) is 0 Å². The highest BCUT2D eigenvalue weighted by molar-refractivity contribution is 5.96. The molecule has 0 aromatic heterocycles. The van der Waals surface area contributed by atoms with Crippen LogP contribution in [0.2, 0.25) is 0 Å². The molecule has 3 fully saturated rings. The second-order valence-electron chi connectivity index (χ2n) is 13.3. The highest BCUT2D eigenvalue weighted by atomic mass is 16.6. The summed E-state index contributed by atoms with van der Waals surface area (Å²) in [6.45, 7) is 6.09. The van der Waals surface area contributed by atoms with Crippen LogP contribution in [-0.2, 0) is 19.2 Å². The fourth-order valence-electron chi connectivity index (χ4n) is 8.94. The minimum Gasteiger partial charge on any atom is -0.481 e. The van der Waals surface area contributed by atoms with Gasteiger partial charge in [-0.3, -0.25) is 14.4 Å². The molecule has 0 aliphatic heterocycles. The maximum Gasteiger partial charge on any atom is 0.304 e.